The fourth-order valence-corrected chi connectivity index (χ4v) is 5.36. The van der Waals surface area contributed by atoms with Crippen LogP contribution in [0.1, 0.15) is 27.3 Å². The molecule has 1 aliphatic heterocycles. The Morgan fingerprint density at radius 2 is 1.72 bits per heavy atom. The van der Waals surface area contributed by atoms with Gasteiger partial charge in [0.2, 0.25) is 10.0 Å². The maximum absolute atomic E-state index is 13.5. The van der Waals surface area contributed by atoms with Crippen LogP contribution < -0.4 is 0 Å². The third kappa shape index (κ3) is 4.58. The summed E-state index contributed by atoms with van der Waals surface area (Å²) in [6.45, 7) is 5.38. The van der Waals surface area contributed by atoms with Crippen LogP contribution >= 0.6 is 0 Å². The first-order valence-electron chi connectivity index (χ1n) is 10.4. The minimum atomic E-state index is -3.80. The normalized spacial score (nSPS) is 15.2. The number of benzene rings is 2. The van der Waals surface area contributed by atoms with Crippen LogP contribution in [-0.2, 0) is 16.6 Å². The zero-order valence-corrected chi connectivity index (χ0v) is 18.8. The van der Waals surface area contributed by atoms with Crippen molar-refractivity contribution in [3.63, 3.8) is 0 Å². The number of carbonyl (C=O) groups is 1. The number of amides is 1. The number of aryl methyl sites for hydroxylation is 2. The number of hydrogen-bond acceptors (Lipinski definition) is 4. The second kappa shape index (κ2) is 8.84. The van der Waals surface area contributed by atoms with Crippen LogP contribution in [0, 0.1) is 19.7 Å². The monoisotopic (exact) mass is 456 g/mol. The van der Waals surface area contributed by atoms with Gasteiger partial charge in [-0.3, -0.25) is 9.48 Å². The third-order valence-corrected chi connectivity index (χ3v) is 7.46. The highest BCUT2D eigenvalue weighted by Gasteiger charge is 2.30. The van der Waals surface area contributed by atoms with Crippen molar-refractivity contribution in [1.29, 1.82) is 0 Å². The summed E-state index contributed by atoms with van der Waals surface area (Å²) in [5.41, 5.74) is 3.52. The molecule has 1 aliphatic rings. The predicted molar refractivity (Wildman–Crippen MR) is 118 cm³/mol. The van der Waals surface area contributed by atoms with Gasteiger partial charge in [-0.15, -0.1) is 0 Å². The van der Waals surface area contributed by atoms with Crippen molar-refractivity contribution in [2.45, 2.75) is 25.3 Å². The smallest absolute Gasteiger partial charge is 0.253 e. The molecule has 1 saturated heterocycles. The molecular weight excluding hydrogens is 431 g/mol. The minimum Gasteiger partial charge on any atom is -0.336 e. The molecule has 0 saturated carbocycles. The summed E-state index contributed by atoms with van der Waals surface area (Å²) in [5.74, 6) is -0.733. The van der Waals surface area contributed by atoms with Crippen LogP contribution in [0.2, 0.25) is 0 Å². The lowest BCUT2D eigenvalue weighted by molar-refractivity contribution is 0.0697. The Labute approximate surface area is 187 Å². The maximum Gasteiger partial charge on any atom is 0.253 e. The minimum absolute atomic E-state index is 0.0749. The number of sulfonamides is 1. The SMILES string of the molecule is Cc1cc(C)n(Cc2cccc(C(=O)N3CCN(S(=O)(=O)c4cccc(F)c4)CC3)c2)n1. The van der Waals surface area contributed by atoms with Gasteiger partial charge in [0.25, 0.3) is 5.91 Å². The molecule has 2 heterocycles. The van der Waals surface area contributed by atoms with E-state index in [1.54, 1.807) is 11.0 Å². The Morgan fingerprint density at radius 3 is 2.38 bits per heavy atom. The van der Waals surface area contributed by atoms with Gasteiger partial charge in [-0.25, -0.2) is 12.8 Å². The molecule has 1 amide bonds. The van der Waals surface area contributed by atoms with E-state index in [1.165, 1.54) is 22.5 Å². The average Bonchev–Trinajstić information content (AvgIpc) is 3.10. The number of halogens is 1. The van der Waals surface area contributed by atoms with E-state index in [0.717, 1.165) is 23.0 Å². The summed E-state index contributed by atoms with van der Waals surface area (Å²) < 4.78 is 42.2. The van der Waals surface area contributed by atoms with Gasteiger partial charge in [-0.05, 0) is 55.8 Å². The summed E-state index contributed by atoms with van der Waals surface area (Å²) >= 11 is 0. The van der Waals surface area contributed by atoms with Crippen molar-refractivity contribution in [2.24, 2.45) is 0 Å². The van der Waals surface area contributed by atoms with Crippen molar-refractivity contribution < 1.29 is 17.6 Å². The van der Waals surface area contributed by atoms with Gasteiger partial charge in [0, 0.05) is 37.4 Å². The van der Waals surface area contributed by atoms with E-state index in [1.807, 2.05) is 42.8 Å². The molecule has 1 aromatic heterocycles. The molecule has 3 aromatic rings. The van der Waals surface area contributed by atoms with E-state index in [9.17, 15) is 17.6 Å². The number of nitrogens with zero attached hydrogens (tertiary/aromatic N) is 4. The highest BCUT2D eigenvalue weighted by molar-refractivity contribution is 7.89. The molecule has 7 nitrogen and oxygen atoms in total. The summed E-state index contributed by atoms with van der Waals surface area (Å²) in [6.07, 6.45) is 0. The first-order chi connectivity index (χ1) is 15.2. The second-order valence-corrected chi connectivity index (χ2v) is 9.88. The van der Waals surface area contributed by atoms with E-state index in [0.29, 0.717) is 12.1 Å². The van der Waals surface area contributed by atoms with Gasteiger partial charge >= 0.3 is 0 Å². The Hall–Kier alpha value is -3.04. The van der Waals surface area contributed by atoms with Crippen LogP contribution in [0.15, 0.2) is 59.5 Å². The van der Waals surface area contributed by atoms with Crippen LogP contribution in [0.3, 0.4) is 0 Å². The van der Waals surface area contributed by atoms with Crippen LogP contribution in [0.4, 0.5) is 4.39 Å². The Balaban J connectivity index is 1.43. The van der Waals surface area contributed by atoms with Crippen molar-refractivity contribution in [1.82, 2.24) is 19.0 Å². The third-order valence-electron chi connectivity index (χ3n) is 5.57. The highest BCUT2D eigenvalue weighted by atomic mass is 32.2. The van der Waals surface area contributed by atoms with E-state index in [4.69, 9.17) is 0 Å². The molecule has 0 bridgehead atoms. The van der Waals surface area contributed by atoms with E-state index >= 15 is 0 Å². The zero-order valence-electron chi connectivity index (χ0n) is 18.0. The van der Waals surface area contributed by atoms with Crippen molar-refractivity contribution in [3.05, 3.63) is 82.9 Å². The number of rotatable bonds is 5. The molecule has 0 aliphatic carbocycles. The average molecular weight is 457 g/mol. The lowest BCUT2D eigenvalue weighted by Crippen LogP contribution is -2.50. The van der Waals surface area contributed by atoms with E-state index in [-0.39, 0.29) is 37.0 Å². The van der Waals surface area contributed by atoms with Crippen molar-refractivity contribution >= 4 is 15.9 Å². The summed E-state index contributed by atoms with van der Waals surface area (Å²) in [5, 5.41) is 4.47. The molecule has 32 heavy (non-hydrogen) atoms. The highest BCUT2D eigenvalue weighted by Crippen LogP contribution is 2.20. The topological polar surface area (TPSA) is 75.5 Å². The van der Waals surface area contributed by atoms with E-state index < -0.39 is 15.8 Å². The summed E-state index contributed by atoms with van der Waals surface area (Å²) in [7, 11) is -3.80. The standard InChI is InChI=1S/C23H25FN4O3S/c1-17-13-18(2)28(25-17)16-19-5-3-6-20(14-19)23(29)26-9-11-27(12-10-26)32(30,31)22-8-4-7-21(24)15-22/h3-8,13-15H,9-12,16H2,1-2H3. The summed E-state index contributed by atoms with van der Waals surface area (Å²) in [6, 6.07) is 14.4. The Bertz CT molecular complexity index is 1250. The quantitative estimate of drug-likeness (QED) is 0.592. The van der Waals surface area contributed by atoms with Crippen molar-refractivity contribution in [2.75, 3.05) is 26.2 Å². The number of carbonyl (C=O) groups excluding carboxylic acids is 1. The fraction of sp³-hybridized carbons (Fsp3) is 0.304. The van der Waals surface area contributed by atoms with E-state index in [2.05, 4.69) is 5.10 Å². The lowest BCUT2D eigenvalue weighted by atomic mass is 10.1. The van der Waals surface area contributed by atoms with Gasteiger partial charge in [-0.1, -0.05) is 18.2 Å². The van der Waals surface area contributed by atoms with Gasteiger partial charge in [0.15, 0.2) is 0 Å². The number of piperazine rings is 1. The Morgan fingerprint density at radius 1 is 1.00 bits per heavy atom. The largest absolute Gasteiger partial charge is 0.336 e. The molecule has 0 unspecified atom stereocenters. The first kappa shape index (κ1) is 22.2. The first-order valence-corrected chi connectivity index (χ1v) is 11.8. The van der Waals surface area contributed by atoms with Crippen LogP contribution in [0.5, 0.6) is 0 Å². The fourth-order valence-electron chi connectivity index (χ4n) is 3.90. The molecule has 4 rings (SSSR count). The van der Waals surface area contributed by atoms with Gasteiger partial charge in [0.1, 0.15) is 5.82 Å². The van der Waals surface area contributed by atoms with Crippen LogP contribution in [0.25, 0.3) is 0 Å². The second-order valence-electron chi connectivity index (χ2n) is 7.94. The molecule has 2 aromatic carbocycles. The number of hydrogen-bond donors (Lipinski definition) is 0. The van der Waals surface area contributed by atoms with Crippen molar-refractivity contribution in [3.8, 4) is 0 Å². The Kier molecular flexibility index (Phi) is 6.12. The molecule has 9 heteroatoms. The van der Waals surface area contributed by atoms with Gasteiger partial charge in [0.05, 0.1) is 17.1 Å². The molecule has 0 spiro atoms. The van der Waals surface area contributed by atoms with Crippen LogP contribution in [-0.4, -0.2) is 59.5 Å². The maximum atomic E-state index is 13.5. The summed E-state index contributed by atoms with van der Waals surface area (Å²) in [4.78, 5) is 14.6. The lowest BCUT2D eigenvalue weighted by Gasteiger charge is -2.34. The predicted octanol–water partition coefficient (Wildman–Crippen LogP) is 2.83. The molecular formula is C23H25FN4O3S. The number of aromatic nitrogens is 2. The molecule has 0 radical (unpaired) electrons. The van der Waals surface area contributed by atoms with Gasteiger partial charge < -0.3 is 4.90 Å². The zero-order chi connectivity index (χ0) is 22.9. The molecule has 0 atom stereocenters. The molecule has 168 valence electrons. The molecule has 1 fully saturated rings. The molecule has 0 N–H and O–H groups in total. The van der Waals surface area contributed by atoms with Gasteiger partial charge in [-0.2, -0.15) is 9.40 Å².